The van der Waals surface area contributed by atoms with Crippen LogP contribution in [0.1, 0.15) is 11.1 Å². The fourth-order valence-electron chi connectivity index (χ4n) is 1.83. The van der Waals surface area contributed by atoms with Gasteiger partial charge in [0, 0.05) is 30.3 Å². The normalized spacial score (nSPS) is 10.6. The first kappa shape index (κ1) is 14.3. The topological polar surface area (TPSA) is 41.5 Å². The first-order valence-corrected chi connectivity index (χ1v) is 6.10. The molecule has 2 aromatic carbocycles. The minimum Gasteiger partial charge on any atom is -0.508 e. The van der Waals surface area contributed by atoms with Gasteiger partial charge in [0.25, 0.3) is 0 Å². The van der Waals surface area contributed by atoms with Crippen LogP contribution in [0.15, 0.2) is 36.4 Å². The Morgan fingerprint density at radius 1 is 1.05 bits per heavy atom. The number of benzene rings is 2. The minimum atomic E-state index is -0.600. The Morgan fingerprint density at radius 3 is 2.50 bits per heavy atom. The molecule has 0 aromatic heterocycles. The van der Waals surface area contributed by atoms with E-state index < -0.39 is 11.6 Å². The summed E-state index contributed by atoms with van der Waals surface area (Å²) in [6.07, 6.45) is 0. The van der Waals surface area contributed by atoms with Gasteiger partial charge >= 0.3 is 0 Å². The van der Waals surface area contributed by atoms with Crippen molar-refractivity contribution in [2.75, 3.05) is 7.11 Å². The molecule has 2 aromatic rings. The third-order valence-electron chi connectivity index (χ3n) is 2.93. The van der Waals surface area contributed by atoms with Crippen LogP contribution in [0.3, 0.4) is 0 Å². The van der Waals surface area contributed by atoms with E-state index in [2.05, 4.69) is 5.32 Å². The molecule has 3 nitrogen and oxygen atoms in total. The summed E-state index contributed by atoms with van der Waals surface area (Å²) in [5, 5.41) is 12.7. The zero-order chi connectivity index (χ0) is 14.5. The van der Waals surface area contributed by atoms with E-state index in [4.69, 9.17) is 4.74 Å². The van der Waals surface area contributed by atoms with E-state index >= 15 is 0 Å². The van der Waals surface area contributed by atoms with Gasteiger partial charge in [0.15, 0.2) is 0 Å². The van der Waals surface area contributed by atoms with Crippen LogP contribution < -0.4 is 10.1 Å². The average Bonchev–Trinajstić information content (AvgIpc) is 2.43. The van der Waals surface area contributed by atoms with Crippen molar-refractivity contribution in [2.24, 2.45) is 0 Å². The molecule has 0 unspecified atom stereocenters. The molecule has 0 aliphatic carbocycles. The second kappa shape index (κ2) is 6.34. The number of rotatable bonds is 5. The van der Waals surface area contributed by atoms with E-state index in [1.165, 1.54) is 25.3 Å². The lowest BCUT2D eigenvalue weighted by molar-refractivity contribution is 0.410. The van der Waals surface area contributed by atoms with Crippen molar-refractivity contribution >= 4 is 0 Å². The zero-order valence-corrected chi connectivity index (χ0v) is 11.0. The zero-order valence-electron chi connectivity index (χ0n) is 11.0. The Balaban J connectivity index is 1.99. The summed E-state index contributed by atoms with van der Waals surface area (Å²) in [5.41, 5.74) is 1.01. The number of aromatic hydroxyl groups is 1. The first-order valence-electron chi connectivity index (χ1n) is 6.10. The van der Waals surface area contributed by atoms with Gasteiger partial charge in [0.05, 0.1) is 7.11 Å². The van der Waals surface area contributed by atoms with Gasteiger partial charge in [-0.05, 0) is 24.3 Å². The van der Waals surface area contributed by atoms with Crippen LogP contribution in [0.25, 0.3) is 0 Å². The molecular formula is C15H15F2NO2. The van der Waals surface area contributed by atoms with Crippen molar-refractivity contribution in [3.63, 3.8) is 0 Å². The Bertz CT molecular complexity index is 602. The van der Waals surface area contributed by atoms with Crippen molar-refractivity contribution in [2.45, 2.75) is 13.1 Å². The van der Waals surface area contributed by atoms with E-state index in [0.29, 0.717) is 23.4 Å². The van der Waals surface area contributed by atoms with Crippen molar-refractivity contribution in [1.29, 1.82) is 0 Å². The van der Waals surface area contributed by atoms with Gasteiger partial charge in [0.2, 0.25) is 0 Å². The van der Waals surface area contributed by atoms with E-state index in [1.54, 1.807) is 12.1 Å². The number of phenolic OH excluding ortho intramolecular Hbond substituents is 1. The molecule has 0 heterocycles. The number of ether oxygens (including phenoxy) is 1. The monoisotopic (exact) mass is 279 g/mol. The summed E-state index contributed by atoms with van der Waals surface area (Å²) in [6, 6.07) is 8.34. The predicted molar refractivity (Wildman–Crippen MR) is 71.6 cm³/mol. The smallest absolute Gasteiger partial charge is 0.130 e. The first-order chi connectivity index (χ1) is 9.60. The molecule has 0 aliphatic heterocycles. The maximum absolute atomic E-state index is 13.4. The molecule has 0 atom stereocenters. The fourth-order valence-corrected chi connectivity index (χ4v) is 1.83. The van der Waals surface area contributed by atoms with Crippen molar-refractivity contribution in [3.05, 3.63) is 59.2 Å². The third kappa shape index (κ3) is 3.45. The number of methoxy groups -OCH3 is 1. The summed E-state index contributed by atoms with van der Waals surface area (Å²) in [5.74, 6) is -0.422. The van der Waals surface area contributed by atoms with Crippen LogP contribution in [-0.4, -0.2) is 12.2 Å². The lowest BCUT2D eigenvalue weighted by atomic mass is 10.1. The van der Waals surface area contributed by atoms with Gasteiger partial charge in [-0.25, -0.2) is 8.78 Å². The standard InChI is InChI=1S/C15H15F2NO2/c1-20-13-4-5-15(19)11(6-13)9-18-8-10-2-3-12(16)7-14(10)17/h2-7,18-19H,8-9H2,1H3. The summed E-state index contributed by atoms with van der Waals surface area (Å²) in [4.78, 5) is 0. The third-order valence-corrected chi connectivity index (χ3v) is 2.93. The molecule has 5 heteroatoms. The van der Waals surface area contributed by atoms with Crippen LogP contribution in [-0.2, 0) is 13.1 Å². The molecule has 2 N–H and O–H groups in total. The van der Waals surface area contributed by atoms with Crippen molar-refractivity contribution < 1.29 is 18.6 Å². The lowest BCUT2D eigenvalue weighted by Gasteiger charge is -2.09. The SMILES string of the molecule is COc1ccc(O)c(CNCc2ccc(F)cc2F)c1. The highest BCUT2D eigenvalue weighted by Gasteiger charge is 2.06. The molecule has 106 valence electrons. The highest BCUT2D eigenvalue weighted by molar-refractivity contribution is 5.39. The highest BCUT2D eigenvalue weighted by atomic mass is 19.1. The van der Waals surface area contributed by atoms with Gasteiger partial charge in [-0.1, -0.05) is 6.07 Å². The summed E-state index contributed by atoms with van der Waals surface area (Å²) >= 11 is 0. The number of halogens is 2. The molecule has 0 fully saturated rings. The van der Waals surface area contributed by atoms with Gasteiger partial charge in [-0.15, -0.1) is 0 Å². The van der Waals surface area contributed by atoms with Crippen LogP contribution in [0, 0.1) is 11.6 Å². The summed E-state index contributed by atoms with van der Waals surface area (Å²) < 4.78 is 31.3. The van der Waals surface area contributed by atoms with Gasteiger partial charge in [-0.3, -0.25) is 0 Å². The minimum absolute atomic E-state index is 0.137. The van der Waals surface area contributed by atoms with Crippen LogP contribution in [0.2, 0.25) is 0 Å². The molecule has 0 bridgehead atoms. The largest absolute Gasteiger partial charge is 0.508 e. The van der Waals surface area contributed by atoms with Crippen molar-refractivity contribution in [1.82, 2.24) is 5.32 Å². The summed E-state index contributed by atoms with van der Waals surface area (Å²) in [6.45, 7) is 0.586. The fraction of sp³-hybridized carbons (Fsp3) is 0.200. The van der Waals surface area contributed by atoms with Crippen molar-refractivity contribution in [3.8, 4) is 11.5 Å². The molecule has 20 heavy (non-hydrogen) atoms. The molecular weight excluding hydrogens is 264 g/mol. The number of hydrogen-bond donors (Lipinski definition) is 2. The van der Waals surface area contributed by atoms with Crippen LogP contribution >= 0.6 is 0 Å². The predicted octanol–water partition coefficient (Wildman–Crippen LogP) is 2.97. The van der Waals surface area contributed by atoms with Crippen LogP contribution in [0.5, 0.6) is 11.5 Å². The van der Waals surface area contributed by atoms with Gasteiger partial charge < -0.3 is 15.2 Å². The van der Waals surface area contributed by atoms with E-state index in [1.807, 2.05) is 0 Å². The lowest BCUT2D eigenvalue weighted by Crippen LogP contribution is -2.14. The second-order valence-electron chi connectivity index (χ2n) is 4.33. The average molecular weight is 279 g/mol. The maximum Gasteiger partial charge on any atom is 0.130 e. The highest BCUT2D eigenvalue weighted by Crippen LogP contribution is 2.22. The second-order valence-corrected chi connectivity index (χ2v) is 4.33. The van der Waals surface area contributed by atoms with E-state index in [0.717, 1.165) is 6.07 Å². The Kier molecular flexibility index (Phi) is 4.53. The Hall–Kier alpha value is -2.14. The molecule has 0 spiro atoms. The quantitative estimate of drug-likeness (QED) is 0.884. The summed E-state index contributed by atoms with van der Waals surface area (Å²) in [7, 11) is 1.54. The number of nitrogens with one attached hydrogen (secondary N) is 1. The number of phenols is 1. The molecule has 0 radical (unpaired) electrons. The van der Waals surface area contributed by atoms with Gasteiger partial charge in [-0.2, -0.15) is 0 Å². The molecule has 0 saturated carbocycles. The Morgan fingerprint density at radius 2 is 1.80 bits per heavy atom. The van der Waals surface area contributed by atoms with E-state index in [-0.39, 0.29) is 12.3 Å². The Labute approximate surface area is 115 Å². The van der Waals surface area contributed by atoms with Crippen LogP contribution in [0.4, 0.5) is 8.78 Å². The van der Waals surface area contributed by atoms with Gasteiger partial charge in [0.1, 0.15) is 23.1 Å². The number of hydrogen-bond acceptors (Lipinski definition) is 3. The maximum atomic E-state index is 13.4. The molecule has 0 saturated heterocycles. The molecule has 2 rings (SSSR count). The van der Waals surface area contributed by atoms with E-state index in [9.17, 15) is 13.9 Å². The molecule has 0 amide bonds. The molecule has 0 aliphatic rings.